The summed E-state index contributed by atoms with van der Waals surface area (Å²) in [5.41, 5.74) is 6.64. The zero-order valence-electron chi connectivity index (χ0n) is 17.9. The molecule has 152 valence electrons. The summed E-state index contributed by atoms with van der Waals surface area (Å²) >= 11 is 0. The first-order chi connectivity index (χ1) is 13.5. The van der Waals surface area contributed by atoms with Crippen LogP contribution >= 0.6 is 0 Å². The summed E-state index contributed by atoms with van der Waals surface area (Å²) in [6.07, 6.45) is 1.19. The topological polar surface area (TPSA) is 60.7 Å². The van der Waals surface area contributed by atoms with E-state index in [0.717, 1.165) is 33.4 Å². The van der Waals surface area contributed by atoms with Crippen molar-refractivity contribution < 1.29 is 15.3 Å². The van der Waals surface area contributed by atoms with Gasteiger partial charge in [-0.05, 0) is 70.3 Å². The Kier molecular flexibility index (Phi) is 5.61. The predicted octanol–water partition coefficient (Wildman–Crippen LogP) is 5.90. The maximum Gasteiger partial charge on any atom is 0.122 e. The van der Waals surface area contributed by atoms with E-state index in [1.807, 2.05) is 38.1 Å². The zero-order valence-corrected chi connectivity index (χ0v) is 17.9. The molecule has 3 nitrogen and oxygen atoms in total. The summed E-state index contributed by atoms with van der Waals surface area (Å²) in [6.45, 7) is 10.3. The minimum atomic E-state index is -0.0487. The Labute approximate surface area is 173 Å². The SMILES string of the molecule is Cc1cc(Cc2cc(C(C)(C)C)cc(Cc3ccc(O)c(C)c3)c2O)ccc1O. The molecule has 3 heteroatoms. The maximum atomic E-state index is 11.1. The van der Waals surface area contributed by atoms with Gasteiger partial charge in [-0.25, -0.2) is 0 Å². The first kappa shape index (κ1) is 20.8. The van der Waals surface area contributed by atoms with Crippen molar-refractivity contribution in [1.82, 2.24) is 0 Å². The Morgan fingerprint density at radius 1 is 0.655 bits per heavy atom. The Hall–Kier alpha value is -2.94. The quantitative estimate of drug-likeness (QED) is 0.520. The number of benzene rings is 3. The molecule has 0 saturated heterocycles. The number of rotatable bonds is 4. The van der Waals surface area contributed by atoms with Crippen molar-refractivity contribution in [2.45, 2.75) is 52.9 Å². The van der Waals surface area contributed by atoms with Crippen LogP contribution < -0.4 is 0 Å². The summed E-state index contributed by atoms with van der Waals surface area (Å²) in [5.74, 6) is 0.879. The minimum absolute atomic E-state index is 0.0487. The molecule has 0 spiro atoms. The normalized spacial score (nSPS) is 11.6. The molecule has 0 fully saturated rings. The smallest absolute Gasteiger partial charge is 0.122 e. The molecular weight excluding hydrogens is 360 g/mol. The summed E-state index contributed by atoms with van der Waals surface area (Å²) in [7, 11) is 0. The molecule has 3 aromatic rings. The molecule has 0 atom stereocenters. The third kappa shape index (κ3) is 4.73. The molecule has 29 heavy (non-hydrogen) atoms. The average molecular weight is 391 g/mol. The Balaban J connectivity index is 2.04. The van der Waals surface area contributed by atoms with Gasteiger partial charge in [-0.3, -0.25) is 0 Å². The number of aryl methyl sites for hydroxylation is 2. The van der Waals surface area contributed by atoms with E-state index in [0.29, 0.717) is 18.6 Å². The van der Waals surface area contributed by atoms with Gasteiger partial charge in [0.15, 0.2) is 0 Å². The molecule has 0 aliphatic heterocycles. The lowest BCUT2D eigenvalue weighted by molar-refractivity contribution is 0.461. The van der Waals surface area contributed by atoms with Crippen LogP contribution in [-0.2, 0) is 18.3 Å². The third-order valence-electron chi connectivity index (χ3n) is 5.45. The van der Waals surface area contributed by atoms with Gasteiger partial charge >= 0.3 is 0 Å². The highest BCUT2D eigenvalue weighted by Crippen LogP contribution is 2.34. The first-order valence-corrected chi connectivity index (χ1v) is 9.97. The van der Waals surface area contributed by atoms with Crippen molar-refractivity contribution in [3.8, 4) is 17.2 Å². The van der Waals surface area contributed by atoms with Gasteiger partial charge in [0.1, 0.15) is 17.2 Å². The van der Waals surface area contributed by atoms with Crippen LogP contribution in [0, 0.1) is 13.8 Å². The van der Waals surface area contributed by atoms with Crippen molar-refractivity contribution >= 4 is 0 Å². The van der Waals surface area contributed by atoms with E-state index in [1.165, 1.54) is 5.56 Å². The van der Waals surface area contributed by atoms with Crippen LogP contribution in [0.5, 0.6) is 17.2 Å². The van der Waals surface area contributed by atoms with Crippen LogP contribution in [0.25, 0.3) is 0 Å². The van der Waals surface area contributed by atoms with Crippen molar-refractivity contribution in [1.29, 1.82) is 0 Å². The van der Waals surface area contributed by atoms with Crippen LogP contribution in [0.2, 0.25) is 0 Å². The van der Waals surface area contributed by atoms with E-state index < -0.39 is 0 Å². The molecule has 3 N–H and O–H groups in total. The number of hydrogen-bond donors (Lipinski definition) is 3. The monoisotopic (exact) mass is 390 g/mol. The lowest BCUT2D eigenvalue weighted by Crippen LogP contribution is -2.12. The van der Waals surface area contributed by atoms with Crippen LogP contribution in [-0.4, -0.2) is 15.3 Å². The van der Waals surface area contributed by atoms with Gasteiger partial charge in [0.05, 0.1) is 0 Å². The third-order valence-corrected chi connectivity index (χ3v) is 5.45. The zero-order chi connectivity index (χ0) is 21.3. The largest absolute Gasteiger partial charge is 0.508 e. The number of aromatic hydroxyl groups is 3. The van der Waals surface area contributed by atoms with E-state index in [1.54, 1.807) is 12.1 Å². The summed E-state index contributed by atoms with van der Waals surface area (Å²) in [6, 6.07) is 15.3. The van der Waals surface area contributed by atoms with Crippen molar-refractivity contribution in [2.24, 2.45) is 0 Å². The Bertz CT molecular complexity index is 968. The second-order valence-corrected chi connectivity index (χ2v) is 8.99. The fraction of sp³-hybridized carbons (Fsp3) is 0.308. The molecular formula is C26H30O3. The van der Waals surface area contributed by atoms with Crippen molar-refractivity contribution in [2.75, 3.05) is 0 Å². The molecule has 0 aliphatic carbocycles. The lowest BCUT2D eigenvalue weighted by atomic mass is 9.83. The van der Waals surface area contributed by atoms with Crippen LogP contribution in [0.4, 0.5) is 0 Å². The van der Waals surface area contributed by atoms with Gasteiger partial charge in [0.2, 0.25) is 0 Å². The molecule has 0 unspecified atom stereocenters. The predicted molar refractivity (Wildman–Crippen MR) is 118 cm³/mol. The molecule has 0 aliphatic rings. The number of hydrogen-bond acceptors (Lipinski definition) is 3. The molecule has 3 rings (SSSR count). The average Bonchev–Trinajstić information content (AvgIpc) is 2.63. The second-order valence-electron chi connectivity index (χ2n) is 8.99. The van der Waals surface area contributed by atoms with E-state index in [4.69, 9.17) is 0 Å². The highest BCUT2D eigenvalue weighted by atomic mass is 16.3. The minimum Gasteiger partial charge on any atom is -0.508 e. The Morgan fingerprint density at radius 3 is 1.41 bits per heavy atom. The van der Waals surface area contributed by atoms with Gasteiger partial charge < -0.3 is 15.3 Å². The highest BCUT2D eigenvalue weighted by molar-refractivity contribution is 5.50. The van der Waals surface area contributed by atoms with E-state index in [9.17, 15) is 15.3 Å². The molecule has 0 radical (unpaired) electrons. The van der Waals surface area contributed by atoms with Gasteiger partial charge in [0, 0.05) is 12.8 Å². The van der Waals surface area contributed by atoms with Crippen LogP contribution in [0.1, 0.15) is 59.7 Å². The Morgan fingerprint density at radius 2 is 1.07 bits per heavy atom. The van der Waals surface area contributed by atoms with E-state index in [2.05, 4.69) is 32.9 Å². The molecule has 0 heterocycles. The van der Waals surface area contributed by atoms with Crippen molar-refractivity contribution in [3.05, 3.63) is 87.5 Å². The molecule has 0 bridgehead atoms. The first-order valence-electron chi connectivity index (χ1n) is 9.97. The van der Waals surface area contributed by atoms with E-state index in [-0.39, 0.29) is 16.9 Å². The molecule has 0 aromatic heterocycles. The maximum absolute atomic E-state index is 11.1. The van der Waals surface area contributed by atoms with Gasteiger partial charge in [-0.2, -0.15) is 0 Å². The highest BCUT2D eigenvalue weighted by Gasteiger charge is 2.19. The number of phenolic OH excluding ortho intramolecular Hbond substituents is 3. The second kappa shape index (κ2) is 7.82. The molecule has 3 aromatic carbocycles. The van der Waals surface area contributed by atoms with Gasteiger partial charge in [-0.1, -0.05) is 57.2 Å². The van der Waals surface area contributed by atoms with Gasteiger partial charge in [0.25, 0.3) is 0 Å². The summed E-state index contributed by atoms with van der Waals surface area (Å²) in [4.78, 5) is 0. The van der Waals surface area contributed by atoms with Crippen molar-refractivity contribution in [3.63, 3.8) is 0 Å². The standard InChI is InChI=1S/C26H30O3/c1-16-10-18(6-8-23(16)27)12-20-14-22(26(3,4)5)15-21(25(20)29)13-19-7-9-24(28)17(2)11-19/h6-11,14-15,27-29H,12-13H2,1-5H3. The van der Waals surface area contributed by atoms with Gasteiger partial charge in [-0.15, -0.1) is 0 Å². The number of phenols is 3. The van der Waals surface area contributed by atoms with E-state index >= 15 is 0 Å². The summed E-state index contributed by atoms with van der Waals surface area (Å²) < 4.78 is 0. The fourth-order valence-corrected chi connectivity index (χ4v) is 3.56. The molecule has 0 saturated carbocycles. The lowest BCUT2D eigenvalue weighted by Gasteiger charge is -2.23. The van der Waals surface area contributed by atoms with Crippen LogP contribution in [0.15, 0.2) is 48.5 Å². The fourth-order valence-electron chi connectivity index (χ4n) is 3.56. The summed E-state index contributed by atoms with van der Waals surface area (Å²) in [5, 5.41) is 30.6. The molecule has 0 amide bonds. The van der Waals surface area contributed by atoms with Crippen LogP contribution in [0.3, 0.4) is 0 Å².